The van der Waals surface area contributed by atoms with Crippen molar-refractivity contribution in [1.29, 1.82) is 0 Å². The number of aromatic nitrogens is 3. The molecule has 0 saturated carbocycles. The Bertz CT molecular complexity index is 1750. The molecule has 5 rings (SSSR count). The van der Waals surface area contributed by atoms with Crippen molar-refractivity contribution in [2.75, 3.05) is 19.5 Å². The number of methoxy groups -OCH3 is 2. The van der Waals surface area contributed by atoms with Gasteiger partial charge in [0.05, 0.1) is 30.5 Å². The monoisotopic (exact) mass is 499 g/mol. The van der Waals surface area contributed by atoms with Gasteiger partial charge in [0.25, 0.3) is 17.2 Å². The lowest BCUT2D eigenvalue weighted by molar-refractivity contribution is -0.384. The van der Waals surface area contributed by atoms with Crippen LogP contribution in [0.25, 0.3) is 27.5 Å². The van der Waals surface area contributed by atoms with E-state index in [1.54, 1.807) is 41.9 Å². The summed E-state index contributed by atoms with van der Waals surface area (Å²) in [7, 11) is 4.67. The third-order valence-electron chi connectivity index (χ3n) is 6.11. The number of anilines is 1. The minimum Gasteiger partial charge on any atom is -0.497 e. The summed E-state index contributed by atoms with van der Waals surface area (Å²) < 4.78 is 13.4. The minimum atomic E-state index is -0.664. The van der Waals surface area contributed by atoms with E-state index in [4.69, 9.17) is 9.47 Å². The molecule has 0 aliphatic heterocycles. The van der Waals surface area contributed by atoms with Gasteiger partial charge in [-0.25, -0.2) is 0 Å². The molecule has 0 atom stereocenters. The summed E-state index contributed by atoms with van der Waals surface area (Å²) >= 11 is 0. The number of hydrogen-bond acceptors (Lipinski definition) is 7. The summed E-state index contributed by atoms with van der Waals surface area (Å²) in [6.07, 6.45) is 0. The number of para-hydroxylation sites is 1. The van der Waals surface area contributed by atoms with E-state index >= 15 is 0 Å². The zero-order valence-corrected chi connectivity index (χ0v) is 20.1. The number of hydrogen-bond donors (Lipinski definition) is 1. The summed E-state index contributed by atoms with van der Waals surface area (Å²) in [5.74, 6) is 0.164. The van der Waals surface area contributed by atoms with Gasteiger partial charge >= 0.3 is 0 Å². The molecule has 1 amide bonds. The predicted molar refractivity (Wildman–Crippen MR) is 138 cm³/mol. The van der Waals surface area contributed by atoms with Crippen molar-refractivity contribution in [3.63, 3.8) is 0 Å². The number of nitrogens with zero attached hydrogens (tertiary/aromatic N) is 4. The molecule has 1 N–H and O–H groups in total. The van der Waals surface area contributed by atoms with E-state index in [9.17, 15) is 19.7 Å². The molecule has 0 saturated heterocycles. The van der Waals surface area contributed by atoms with Crippen LogP contribution in [0.4, 0.5) is 11.4 Å². The molecule has 2 aromatic heterocycles. The van der Waals surface area contributed by atoms with E-state index in [0.29, 0.717) is 22.2 Å². The van der Waals surface area contributed by atoms with E-state index in [1.807, 2.05) is 18.2 Å². The summed E-state index contributed by atoms with van der Waals surface area (Å²) in [4.78, 5) is 38.1. The summed E-state index contributed by atoms with van der Waals surface area (Å²) in [5.41, 5.74) is 0.884. The zero-order valence-electron chi connectivity index (χ0n) is 20.1. The molecule has 0 spiro atoms. The Kier molecular flexibility index (Phi) is 5.80. The lowest BCUT2D eigenvalue weighted by Gasteiger charge is -2.12. The van der Waals surface area contributed by atoms with E-state index in [1.165, 1.54) is 32.4 Å². The largest absolute Gasteiger partial charge is 0.497 e. The van der Waals surface area contributed by atoms with Crippen molar-refractivity contribution in [2.45, 2.75) is 0 Å². The maximum absolute atomic E-state index is 13.7. The average Bonchev–Trinajstić information content (AvgIpc) is 3.22. The number of fused-ring (bicyclic) bond motifs is 3. The van der Waals surface area contributed by atoms with Crippen molar-refractivity contribution in [1.82, 2.24) is 14.3 Å². The molecule has 0 aliphatic carbocycles. The standard InChI is InChI=1S/C26H21N5O6/c1-29-20-7-5-4-6-18(20)22-23(25(32)27-19-14-16(31(34)35)10-13-21(19)37-3)28-30(26(33)24(22)29)15-8-11-17(36-2)12-9-15/h4-14H,1-3H3,(H,27,32). The normalized spacial score (nSPS) is 11.0. The predicted octanol–water partition coefficient (Wildman–Crippen LogP) is 4.06. The molecule has 5 aromatic rings. The van der Waals surface area contributed by atoms with Crippen LogP contribution in [0.3, 0.4) is 0 Å². The van der Waals surface area contributed by atoms with E-state index in [2.05, 4.69) is 10.4 Å². The smallest absolute Gasteiger partial charge is 0.296 e. The fraction of sp³-hybridized carbons (Fsp3) is 0.115. The number of amides is 1. The summed E-state index contributed by atoms with van der Waals surface area (Å²) in [5, 5.41) is 19.5. The van der Waals surface area contributed by atoms with Crippen molar-refractivity contribution in [3.05, 3.63) is 92.9 Å². The molecule has 186 valence electrons. The second-order valence-electron chi connectivity index (χ2n) is 8.16. The molecule has 0 bridgehead atoms. The van der Waals surface area contributed by atoms with Gasteiger partial charge in [-0.15, -0.1) is 0 Å². The third-order valence-corrected chi connectivity index (χ3v) is 6.11. The Morgan fingerprint density at radius 2 is 1.76 bits per heavy atom. The Labute approximate surface area is 209 Å². The highest BCUT2D eigenvalue weighted by Crippen LogP contribution is 2.32. The molecule has 2 heterocycles. The maximum atomic E-state index is 13.7. The number of benzene rings is 3. The molecule has 0 aliphatic rings. The molecule has 0 unspecified atom stereocenters. The molecule has 0 radical (unpaired) electrons. The van der Waals surface area contributed by atoms with Crippen molar-refractivity contribution in [2.24, 2.45) is 7.05 Å². The molecule has 11 nitrogen and oxygen atoms in total. The number of nitrogens with one attached hydrogen (secondary N) is 1. The highest BCUT2D eigenvalue weighted by atomic mass is 16.6. The number of nitro groups is 1. The van der Waals surface area contributed by atoms with Gasteiger partial charge < -0.3 is 19.4 Å². The first kappa shape index (κ1) is 23.5. The highest BCUT2D eigenvalue weighted by Gasteiger charge is 2.25. The first-order chi connectivity index (χ1) is 17.8. The Morgan fingerprint density at radius 3 is 2.43 bits per heavy atom. The van der Waals surface area contributed by atoms with Gasteiger partial charge in [-0.3, -0.25) is 19.7 Å². The summed E-state index contributed by atoms with van der Waals surface area (Å²) in [6, 6.07) is 17.9. The highest BCUT2D eigenvalue weighted by molar-refractivity contribution is 6.19. The zero-order chi connectivity index (χ0) is 26.3. The van der Waals surface area contributed by atoms with Gasteiger partial charge in [0, 0.05) is 35.5 Å². The lowest BCUT2D eigenvalue weighted by atomic mass is 10.1. The number of carbonyl (C=O) groups is 1. The van der Waals surface area contributed by atoms with Crippen LogP contribution in [-0.2, 0) is 7.05 Å². The van der Waals surface area contributed by atoms with Gasteiger partial charge in [-0.1, -0.05) is 18.2 Å². The van der Waals surface area contributed by atoms with Gasteiger partial charge in [0.1, 0.15) is 17.0 Å². The van der Waals surface area contributed by atoms with Crippen LogP contribution in [-0.4, -0.2) is 39.4 Å². The van der Waals surface area contributed by atoms with E-state index in [0.717, 1.165) is 10.2 Å². The van der Waals surface area contributed by atoms with Crippen LogP contribution in [0.1, 0.15) is 10.5 Å². The number of nitro benzene ring substituents is 1. The van der Waals surface area contributed by atoms with Crippen LogP contribution >= 0.6 is 0 Å². The van der Waals surface area contributed by atoms with Gasteiger partial charge in [-0.2, -0.15) is 9.78 Å². The lowest BCUT2D eigenvalue weighted by Crippen LogP contribution is -2.27. The van der Waals surface area contributed by atoms with Crippen LogP contribution in [0.2, 0.25) is 0 Å². The Balaban J connectivity index is 1.76. The van der Waals surface area contributed by atoms with Crippen LogP contribution in [0, 0.1) is 10.1 Å². The first-order valence-corrected chi connectivity index (χ1v) is 11.1. The summed E-state index contributed by atoms with van der Waals surface area (Å²) in [6.45, 7) is 0. The second-order valence-corrected chi connectivity index (χ2v) is 8.16. The van der Waals surface area contributed by atoms with E-state index < -0.39 is 16.4 Å². The quantitative estimate of drug-likeness (QED) is 0.275. The molecule has 37 heavy (non-hydrogen) atoms. The number of carbonyl (C=O) groups excluding carboxylic acids is 1. The van der Waals surface area contributed by atoms with Crippen molar-refractivity contribution >= 4 is 39.1 Å². The van der Waals surface area contributed by atoms with Crippen molar-refractivity contribution in [3.8, 4) is 17.2 Å². The van der Waals surface area contributed by atoms with Crippen LogP contribution < -0.4 is 20.3 Å². The minimum absolute atomic E-state index is 0.0317. The van der Waals surface area contributed by atoms with Crippen molar-refractivity contribution < 1.29 is 19.2 Å². The third kappa shape index (κ3) is 3.92. The molecule has 3 aromatic carbocycles. The Hall–Kier alpha value is -5.19. The van der Waals surface area contributed by atoms with Gasteiger partial charge in [0.15, 0.2) is 5.69 Å². The van der Waals surface area contributed by atoms with E-state index in [-0.39, 0.29) is 28.3 Å². The van der Waals surface area contributed by atoms with Crippen LogP contribution in [0.15, 0.2) is 71.5 Å². The number of rotatable bonds is 6. The number of aryl methyl sites for hydroxylation is 1. The average molecular weight is 499 g/mol. The SMILES string of the molecule is COc1ccc(-n2nc(C(=O)Nc3cc([N+](=O)[O-])ccc3OC)c3c4ccccc4n(C)c3c2=O)cc1. The molecular weight excluding hydrogens is 478 g/mol. The molecular formula is C26H21N5O6. The van der Waals surface area contributed by atoms with Gasteiger partial charge in [0.2, 0.25) is 0 Å². The maximum Gasteiger partial charge on any atom is 0.296 e. The number of ether oxygens (including phenoxy) is 2. The molecule has 11 heteroatoms. The fourth-order valence-corrected chi connectivity index (χ4v) is 4.33. The topological polar surface area (TPSA) is 131 Å². The fourth-order valence-electron chi connectivity index (χ4n) is 4.33. The van der Waals surface area contributed by atoms with Gasteiger partial charge in [-0.05, 0) is 36.4 Å². The Morgan fingerprint density at radius 1 is 1.03 bits per heavy atom. The molecule has 0 fully saturated rings. The second kappa shape index (κ2) is 9.11. The number of non-ortho nitro benzene ring substituents is 1. The van der Waals surface area contributed by atoms with Crippen LogP contribution in [0.5, 0.6) is 11.5 Å². The first-order valence-electron chi connectivity index (χ1n) is 11.1.